The number of ether oxygens (including phenoxy) is 2. The molecule has 0 fully saturated rings. The Morgan fingerprint density at radius 3 is 1.93 bits per heavy atom. The van der Waals surface area contributed by atoms with Gasteiger partial charge in [-0.1, -0.05) is 26.3 Å². The molecule has 0 saturated heterocycles. The van der Waals surface area contributed by atoms with Gasteiger partial charge in [0.05, 0.1) is 14.2 Å². The van der Waals surface area contributed by atoms with Crippen molar-refractivity contribution in [1.82, 2.24) is 0 Å². The molecule has 14 heavy (non-hydrogen) atoms. The molecule has 4 nitrogen and oxygen atoms in total. The smallest absolute Gasteiger partial charge is 0.344 e. The first-order valence-electron chi connectivity index (χ1n) is 4.45. The number of carbonyl (C=O) groups excluding carboxylic acids is 2. The third-order valence-electron chi connectivity index (χ3n) is 1.91. The molecule has 0 bridgehead atoms. The van der Waals surface area contributed by atoms with Gasteiger partial charge in [0.1, 0.15) is 5.57 Å². The maximum atomic E-state index is 11.2. The van der Waals surface area contributed by atoms with Crippen molar-refractivity contribution in [1.29, 1.82) is 0 Å². The highest BCUT2D eigenvalue weighted by Crippen LogP contribution is 2.09. The van der Waals surface area contributed by atoms with Gasteiger partial charge in [0, 0.05) is 0 Å². The van der Waals surface area contributed by atoms with Gasteiger partial charge in [-0.05, 0) is 5.92 Å². The average Bonchev–Trinajstić information content (AvgIpc) is 2.23. The van der Waals surface area contributed by atoms with Crippen molar-refractivity contribution in [3.8, 4) is 0 Å². The fourth-order valence-electron chi connectivity index (χ4n) is 0.842. The number of hydrogen-bond donors (Lipinski definition) is 0. The summed E-state index contributed by atoms with van der Waals surface area (Å²) in [5, 5.41) is 0. The van der Waals surface area contributed by atoms with Gasteiger partial charge in [0.15, 0.2) is 0 Å². The van der Waals surface area contributed by atoms with Crippen LogP contribution in [0.1, 0.15) is 20.3 Å². The number of rotatable bonds is 4. The Bertz CT molecular complexity index is 225. The second-order valence-electron chi connectivity index (χ2n) is 2.95. The zero-order valence-electron chi connectivity index (χ0n) is 8.99. The largest absolute Gasteiger partial charge is 0.465 e. The first-order chi connectivity index (χ1) is 6.56. The van der Waals surface area contributed by atoms with Crippen molar-refractivity contribution < 1.29 is 19.1 Å². The van der Waals surface area contributed by atoms with Gasteiger partial charge in [0.25, 0.3) is 0 Å². The minimum atomic E-state index is -0.655. The Balaban J connectivity index is 4.80. The normalized spacial score (nSPS) is 11.4. The molecule has 0 aromatic rings. The molecule has 4 heteroatoms. The maximum absolute atomic E-state index is 11.2. The molecule has 0 rings (SSSR count). The second kappa shape index (κ2) is 6.18. The lowest BCUT2D eigenvalue weighted by Crippen LogP contribution is -2.16. The van der Waals surface area contributed by atoms with Gasteiger partial charge < -0.3 is 9.47 Å². The molecule has 0 heterocycles. The summed E-state index contributed by atoms with van der Waals surface area (Å²) in [7, 11) is 2.46. The minimum absolute atomic E-state index is 0.0376. The van der Waals surface area contributed by atoms with Crippen molar-refractivity contribution >= 4 is 11.9 Å². The van der Waals surface area contributed by atoms with E-state index in [0.29, 0.717) is 0 Å². The number of esters is 2. The van der Waals surface area contributed by atoms with Crippen LogP contribution < -0.4 is 0 Å². The first-order valence-corrected chi connectivity index (χ1v) is 4.45. The lowest BCUT2D eigenvalue weighted by molar-refractivity contribution is -0.144. The second-order valence-corrected chi connectivity index (χ2v) is 2.95. The van der Waals surface area contributed by atoms with E-state index < -0.39 is 11.9 Å². The quantitative estimate of drug-likeness (QED) is 0.297. The highest BCUT2D eigenvalue weighted by atomic mass is 16.5. The lowest BCUT2D eigenvalue weighted by Gasteiger charge is -2.06. The average molecular weight is 200 g/mol. The molecule has 0 saturated carbocycles. The van der Waals surface area contributed by atoms with Crippen LogP contribution in [-0.2, 0) is 19.1 Å². The summed E-state index contributed by atoms with van der Waals surface area (Å²) in [6.45, 7) is 3.87. The van der Waals surface area contributed by atoms with Crippen LogP contribution in [0, 0.1) is 5.92 Å². The third-order valence-corrected chi connectivity index (χ3v) is 1.91. The van der Waals surface area contributed by atoms with Crippen LogP contribution in [0.5, 0.6) is 0 Å². The van der Waals surface area contributed by atoms with Crippen LogP contribution in [0.2, 0.25) is 0 Å². The van der Waals surface area contributed by atoms with Crippen molar-refractivity contribution in [2.75, 3.05) is 14.2 Å². The molecular weight excluding hydrogens is 184 g/mol. The Morgan fingerprint density at radius 2 is 1.64 bits per heavy atom. The van der Waals surface area contributed by atoms with Gasteiger partial charge in [-0.25, -0.2) is 9.59 Å². The monoisotopic (exact) mass is 200 g/mol. The fourth-order valence-corrected chi connectivity index (χ4v) is 0.842. The summed E-state index contributed by atoms with van der Waals surface area (Å²) in [5.74, 6) is -1.17. The Labute approximate surface area is 83.9 Å². The van der Waals surface area contributed by atoms with E-state index >= 15 is 0 Å². The number of allylic oxidation sites excluding steroid dienone is 1. The molecule has 0 radical (unpaired) electrons. The highest BCUT2D eigenvalue weighted by Gasteiger charge is 2.19. The van der Waals surface area contributed by atoms with Crippen LogP contribution in [0.3, 0.4) is 0 Å². The van der Waals surface area contributed by atoms with E-state index in [1.165, 1.54) is 14.2 Å². The predicted octanol–water partition coefficient (Wildman–Crippen LogP) is 1.30. The summed E-state index contributed by atoms with van der Waals surface area (Å²) >= 11 is 0. The maximum Gasteiger partial charge on any atom is 0.344 e. The summed E-state index contributed by atoms with van der Waals surface area (Å²) in [6.07, 6.45) is 2.41. The number of carbonyl (C=O) groups is 2. The topological polar surface area (TPSA) is 52.6 Å². The molecule has 0 spiro atoms. The summed E-state index contributed by atoms with van der Waals surface area (Å²) < 4.78 is 8.95. The Morgan fingerprint density at radius 1 is 1.21 bits per heavy atom. The molecule has 0 aromatic carbocycles. The first kappa shape index (κ1) is 12.7. The molecule has 0 N–H and O–H groups in total. The Hall–Kier alpha value is -1.32. The molecule has 0 aliphatic rings. The molecule has 1 unspecified atom stereocenters. The number of hydrogen-bond acceptors (Lipinski definition) is 4. The van der Waals surface area contributed by atoms with E-state index in [2.05, 4.69) is 9.47 Å². The molecule has 0 aromatic heterocycles. The molecule has 0 amide bonds. The van der Waals surface area contributed by atoms with Gasteiger partial charge in [0.2, 0.25) is 0 Å². The summed E-state index contributed by atoms with van der Waals surface area (Å²) in [5.41, 5.74) is -0.0376. The van der Waals surface area contributed by atoms with Crippen LogP contribution in [0.15, 0.2) is 11.6 Å². The van der Waals surface area contributed by atoms with E-state index in [-0.39, 0.29) is 11.5 Å². The molecule has 0 aliphatic carbocycles. The van der Waals surface area contributed by atoms with E-state index in [0.717, 1.165) is 6.42 Å². The zero-order chi connectivity index (χ0) is 11.1. The van der Waals surface area contributed by atoms with Crippen LogP contribution in [0.4, 0.5) is 0 Å². The fraction of sp³-hybridized carbons (Fsp3) is 0.600. The van der Waals surface area contributed by atoms with Gasteiger partial charge in [-0.2, -0.15) is 0 Å². The predicted molar refractivity (Wildman–Crippen MR) is 51.6 cm³/mol. The molecule has 1 atom stereocenters. The molecule has 80 valence electrons. The van der Waals surface area contributed by atoms with E-state index in [4.69, 9.17) is 0 Å². The van der Waals surface area contributed by atoms with Gasteiger partial charge in [-0.15, -0.1) is 0 Å². The molecule has 0 aliphatic heterocycles. The standard InChI is InChI=1S/C10H16O4/c1-5-7(2)6-8(9(11)13-3)10(12)14-4/h6-7H,5H2,1-4H3. The van der Waals surface area contributed by atoms with Crippen LogP contribution >= 0.6 is 0 Å². The Kier molecular flexibility index (Phi) is 5.60. The SMILES string of the molecule is CCC(C)C=C(C(=O)OC)C(=O)OC. The van der Waals surface area contributed by atoms with Gasteiger partial charge >= 0.3 is 11.9 Å². The zero-order valence-corrected chi connectivity index (χ0v) is 8.99. The van der Waals surface area contributed by atoms with E-state index in [1.54, 1.807) is 6.08 Å². The van der Waals surface area contributed by atoms with Crippen molar-refractivity contribution in [2.24, 2.45) is 5.92 Å². The van der Waals surface area contributed by atoms with Crippen LogP contribution in [0.25, 0.3) is 0 Å². The van der Waals surface area contributed by atoms with Crippen LogP contribution in [-0.4, -0.2) is 26.2 Å². The lowest BCUT2D eigenvalue weighted by atomic mass is 10.1. The summed E-state index contributed by atoms with van der Waals surface area (Å²) in [6, 6.07) is 0. The number of methoxy groups -OCH3 is 2. The molecular formula is C10H16O4. The van der Waals surface area contributed by atoms with Gasteiger partial charge in [-0.3, -0.25) is 0 Å². The minimum Gasteiger partial charge on any atom is -0.465 e. The van der Waals surface area contributed by atoms with E-state index in [1.807, 2.05) is 13.8 Å². The highest BCUT2D eigenvalue weighted by molar-refractivity contribution is 6.13. The van der Waals surface area contributed by atoms with Crippen molar-refractivity contribution in [3.63, 3.8) is 0 Å². The van der Waals surface area contributed by atoms with E-state index in [9.17, 15) is 9.59 Å². The third kappa shape index (κ3) is 3.60. The van der Waals surface area contributed by atoms with Crippen molar-refractivity contribution in [2.45, 2.75) is 20.3 Å². The summed E-state index contributed by atoms with van der Waals surface area (Å²) in [4.78, 5) is 22.3. The van der Waals surface area contributed by atoms with Crippen molar-refractivity contribution in [3.05, 3.63) is 11.6 Å².